The first kappa shape index (κ1) is 8.07. The van der Waals surface area contributed by atoms with Crippen molar-refractivity contribution in [2.75, 3.05) is 14.2 Å². The summed E-state index contributed by atoms with van der Waals surface area (Å²) in [4.78, 5) is 11.0. The summed E-state index contributed by atoms with van der Waals surface area (Å²) in [7, 11) is 2.87. The third-order valence-corrected chi connectivity index (χ3v) is 1.97. The molecule has 0 aliphatic heterocycles. The highest BCUT2D eigenvalue weighted by Gasteiger charge is 2.12. The molecule has 1 aromatic rings. The molecule has 1 aromatic heterocycles. The molecule has 0 aliphatic carbocycles. The SMILES string of the molecule is COC(=O)c1cscc1OC. The van der Waals surface area contributed by atoms with Crippen molar-refractivity contribution in [1.29, 1.82) is 0 Å². The molecule has 0 saturated carbocycles. The summed E-state index contributed by atoms with van der Waals surface area (Å²) < 4.78 is 9.44. The van der Waals surface area contributed by atoms with Gasteiger partial charge in [-0.2, -0.15) is 0 Å². The monoisotopic (exact) mass is 172 g/mol. The number of hydrogen-bond donors (Lipinski definition) is 0. The van der Waals surface area contributed by atoms with E-state index in [9.17, 15) is 4.79 Å². The molecule has 0 saturated heterocycles. The maximum absolute atomic E-state index is 11.0. The quantitative estimate of drug-likeness (QED) is 0.635. The summed E-state index contributed by atoms with van der Waals surface area (Å²) in [5, 5.41) is 3.46. The van der Waals surface area contributed by atoms with Crippen LogP contribution in [0.3, 0.4) is 0 Å². The molecule has 0 aliphatic rings. The molecular weight excluding hydrogens is 164 g/mol. The number of carbonyl (C=O) groups excluding carboxylic acids is 1. The molecule has 0 N–H and O–H groups in total. The Kier molecular flexibility index (Phi) is 2.48. The number of methoxy groups -OCH3 is 2. The number of esters is 1. The Hall–Kier alpha value is -1.03. The lowest BCUT2D eigenvalue weighted by molar-refractivity contribution is 0.0598. The smallest absolute Gasteiger partial charge is 0.342 e. The van der Waals surface area contributed by atoms with Gasteiger partial charge in [0.05, 0.1) is 14.2 Å². The van der Waals surface area contributed by atoms with Crippen LogP contribution < -0.4 is 4.74 Å². The van der Waals surface area contributed by atoms with E-state index in [1.807, 2.05) is 0 Å². The Balaban J connectivity index is 2.92. The maximum Gasteiger partial charge on any atom is 0.342 e. The summed E-state index contributed by atoms with van der Waals surface area (Å²) in [6.07, 6.45) is 0. The van der Waals surface area contributed by atoms with E-state index in [0.717, 1.165) is 0 Å². The van der Waals surface area contributed by atoms with Crippen LogP contribution in [-0.4, -0.2) is 20.2 Å². The number of carbonyl (C=O) groups is 1. The van der Waals surface area contributed by atoms with Crippen molar-refractivity contribution in [3.63, 3.8) is 0 Å². The summed E-state index contributed by atoms with van der Waals surface area (Å²) in [6, 6.07) is 0. The minimum Gasteiger partial charge on any atom is -0.495 e. The highest BCUT2D eigenvalue weighted by atomic mass is 32.1. The molecule has 0 bridgehead atoms. The van der Waals surface area contributed by atoms with Crippen LogP contribution in [0.1, 0.15) is 10.4 Å². The van der Waals surface area contributed by atoms with Gasteiger partial charge in [-0.1, -0.05) is 0 Å². The molecule has 0 radical (unpaired) electrons. The Labute approximate surface area is 68.6 Å². The van der Waals surface area contributed by atoms with Crippen molar-refractivity contribution in [3.05, 3.63) is 16.3 Å². The van der Waals surface area contributed by atoms with E-state index >= 15 is 0 Å². The lowest BCUT2D eigenvalue weighted by Gasteiger charge is -1.98. The molecule has 11 heavy (non-hydrogen) atoms. The minimum absolute atomic E-state index is 0.358. The van der Waals surface area contributed by atoms with Crippen LogP contribution in [-0.2, 0) is 4.74 Å². The molecular formula is C7H8O3S. The summed E-state index contributed by atoms with van der Waals surface area (Å²) in [6.45, 7) is 0. The average Bonchev–Trinajstić information content (AvgIpc) is 2.50. The largest absolute Gasteiger partial charge is 0.495 e. The van der Waals surface area contributed by atoms with Gasteiger partial charge in [-0.25, -0.2) is 4.79 Å². The van der Waals surface area contributed by atoms with Crippen LogP contribution in [0.4, 0.5) is 0 Å². The van der Waals surface area contributed by atoms with Crippen molar-refractivity contribution in [3.8, 4) is 5.75 Å². The zero-order valence-electron chi connectivity index (χ0n) is 6.29. The first-order chi connectivity index (χ1) is 5.29. The predicted molar refractivity (Wildman–Crippen MR) is 42.2 cm³/mol. The third-order valence-electron chi connectivity index (χ3n) is 1.25. The second kappa shape index (κ2) is 3.39. The zero-order valence-corrected chi connectivity index (χ0v) is 7.10. The van der Waals surface area contributed by atoms with Gasteiger partial charge >= 0.3 is 5.97 Å². The summed E-state index contributed by atoms with van der Waals surface area (Å²) in [5.41, 5.74) is 0.486. The van der Waals surface area contributed by atoms with Gasteiger partial charge in [-0.15, -0.1) is 11.3 Å². The number of rotatable bonds is 2. The standard InChI is InChI=1S/C7H8O3S/c1-9-6-4-11-3-5(6)7(8)10-2/h3-4H,1-2H3. The lowest BCUT2D eigenvalue weighted by Crippen LogP contribution is -2.00. The van der Waals surface area contributed by atoms with Crippen LogP contribution in [0.15, 0.2) is 10.8 Å². The Bertz CT molecular complexity index is 254. The molecule has 0 fully saturated rings. The van der Waals surface area contributed by atoms with Gasteiger partial charge in [0.25, 0.3) is 0 Å². The predicted octanol–water partition coefficient (Wildman–Crippen LogP) is 1.54. The zero-order chi connectivity index (χ0) is 8.27. The van der Waals surface area contributed by atoms with Crippen molar-refractivity contribution in [1.82, 2.24) is 0 Å². The fraction of sp³-hybridized carbons (Fsp3) is 0.286. The third kappa shape index (κ3) is 1.51. The van der Waals surface area contributed by atoms with Crippen LogP contribution in [0.25, 0.3) is 0 Å². The topological polar surface area (TPSA) is 35.5 Å². The maximum atomic E-state index is 11.0. The van der Waals surface area contributed by atoms with Crippen molar-refractivity contribution >= 4 is 17.3 Å². The summed E-state index contributed by atoms with van der Waals surface area (Å²) >= 11 is 1.41. The molecule has 1 rings (SSSR count). The lowest BCUT2D eigenvalue weighted by atomic mass is 10.3. The van der Waals surface area contributed by atoms with Gasteiger partial charge in [0.2, 0.25) is 0 Å². The minimum atomic E-state index is -0.358. The molecule has 0 unspecified atom stereocenters. The highest BCUT2D eigenvalue weighted by Crippen LogP contribution is 2.23. The van der Waals surface area contributed by atoms with Gasteiger partial charge in [-0.05, 0) is 0 Å². The van der Waals surface area contributed by atoms with Crippen LogP contribution >= 0.6 is 11.3 Å². The first-order valence-electron chi connectivity index (χ1n) is 2.98. The van der Waals surface area contributed by atoms with Crippen LogP contribution in [0, 0.1) is 0 Å². The number of ether oxygens (including phenoxy) is 2. The summed E-state index contributed by atoms with van der Waals surface area (Å²) in [5.74, 6) is 0.213. The fourth-order valence-electron chi connectivity index (χ4n) is 0.702. The van der Waals surface area contributed by atoms with E-state index in [-0.39, 0.29) is 5.97 Å². The van der Waals surface area contributed by atoms with Crippen molar-refractivity contribution < 1.29 is 14.3 Å². The van der Waals surface area contributed by atoms with E-state index in [1.165, 1.54) is 25.6 Å². The van der Waals surface area contributed by atoms with Gasteiger partial charge < -0.3 is 9.47 Å². The molecule has 0 amide bonds. The van der Waals surface area contributed by atoms with Crippen LogP contribution in [0.5, 0.6) is 5.75 Å². The normalized spacial score (nSPS) is 9.27. The molecule has 3 nitrogen and oxygen atoms in total. The molecule has 4 heteroatoms. The molecule has 0 spiro atoms. The van der Waals surface area contributed by atoms with Gasteiger partial charge in [0.1, 0.15) is 11.3 Å². The Morgan fingerprint density at radius 1 is 1.45 bits per heavy atom. The van der Waals surface area contributed by atoms with E-state index < -0.39 is 0 Å². The number of thiophene rings is 1. The highest BCUT2D eigenvalue weighted by molar-refractivity contribution is 7.08. The molecule has 0 atom stereocenters. The van der Waals surface area contributed by atoms with Crippen molar-refractivity contribution in [2.45, 2.75) is 0 Å². The van der Waals surface area contributed by atoms with Crippen molar-refractivity contribution in [2.24, 2.45) is 0 Å². The van der Waals surface area contributed by atoms with Gasteiger partial charge in [-0.3, -0.25) is 0 Å². The van der Waals surface area contributed by atoms with E-state index in [2.05, 4.69) is 4.74 Å². The van der Waals surface area contributed by atoms with E-state index in [0.29, 0.717) is 11.3 Å². The average molecular weight is 172 g/mol. The van der Waals surface area contributed by atoms with Crippen LogP contribution in [0.2, 0.25) is 0 Å². The molecule has 1 heterocycles. The first-order valence-corrected chi connectivity index (χ1v) is 3.92. The van der Waals surface area contributed by atoms with Gasteiger partial charge in [0.15, 0.2) is 0 Å². The second-order valence-corrected chi connectivity index (χ2v) is 2.59. The molecule has 0 aromatic carbocycles. The van der Waals surface area contributed by atoms with E-state index in [4.69, 9.17) is 4.74 Å². The second-order valence-electron chi connectivity index (χ2n) is 1.85. The fourth-order valence-corrected chi connectivity index (χ4v) is 1.47. The Morgan fingerprint density at radius 2 is 2.18 bits per heavy atom. The molecule has 60 valence electrons. The van der Waals surface area contributed by atoms with E-state index in [1.54, 1.807) is 10.8 Å². The Morgan fingerprint density at radius 3 is 2.73 bits per heavy atom. The van der Waals surface area contributed by atoms with Gasteiger partial charge in [0, 0.05) is 10.8 Å². The number of hydrogen-bond acceptors (Lipinski definition) is 4.